The van der Waals surface area contributed by atoms with Crippen LogP contribution in [0, 0.1) is 0 Å². The SMILES string of the molecule is CN(C)CCOC(=C(CCc1ccccc1)c1ccccc1)c1cccc(O)c1. The fourth-order valence-electron chi connectivity index (χ4n) is 3.26. The van der Waals surface area contributed by atoms with Crippen molar-refractivity contribution < 1.29 is 9.84 Å². The van der Waals surface area contributed by atoms with E-state index < -0.39 is 0 Å². The van der Waals surface area contributed by atoms with Crippen molar-refractivity contribution in [2.45, 2.75) is 12.8 Å². The lowest BCUT2D eigenvalue weighted by molar-refractivity contribution is 0.232. The Morgan fingerprint density at radius 2 is 1.48 bits per heavy atom. The molecule has 0 heterocycles. The molecule has 0 fully saturated rings. The number of phenols is 1. The molecule has 3 aromatic rings. The monoisotopic (exact) mass is 387 g/mol. The Morgan fingerprint density at radius 3 is 2.14 bits per heavy atom. The number of allylic oxidation sites excluding steroid dienone is 1. The van der Waals surface area contributed by atoms with Gasteiger partial charge in [-0.25, -0.2) is 0 Å². The number of hydrogen-bond acceptors (Lipinski definition) is 3. The zero-order valence-corrected chi connectivity index (χ0v) is 17.2. The molecule has 0 amide bonds. The van der Waals surface area contributed by atoms with Crippen molar-refractivity contribution in [3.63, 3.8) is 0 Å². The van der Waals surface area contributed by atoms with Crippen LogP contribution in [0.15, 0.2) is 84.9 Å². The van der Waals surface area contributed by atoms with Crippen LogP contribution >= 0.6 is 0 Å². The molecule has 0 aliphatic carbocycles. The molecule has 29 heavy (non-hydrogen) atoms. The highest BCUT2D eigenvalue weighted by molar-refractivity contribution is 5.88. The van der Waals surface area contributed by atoms with E-state index >= 15 is 0 Å². The lowest BCUT2D eigenvalue weighted by Crippen LogP contribution is -2.18. The van der Waals surface area contributed by atoms with E-state index in [1.54, 1.807) is 12.1 Å². The normalized spacial score (nSPS) is 12.0. The maximum Gasteiger partial charge on any atom is 0.130 e. The molecule has 0 radical (unpaired) electrons. The molecule has 3 heteroatoms. The second-order valence-corrected chi connectivity index (χ2v) is 7.36. The average Bonchev–Trinajstić information content (AvgIpc) is 2.74. The molecule has 0 saturated carbocycles. The van der Waals surface area contributed by atoms with Gasteiger partial charge in [-0.2, -0.15) is 0 Å². The predicted octanol–water partition coefficient (Wildman–Crippen LogP) is 5.47. The number of phenolic OH excluding ortho intramolecular Hbond substituents is 1. The Balaban J connectivity index is 2.01. The van der Waals surface area contributed by atoms with Crippen molar-refractivity contribution in [2.75, 3.05) is 27.2 Å². The van der Waals surface area contributed by atoms with Crippen LogP contribution < -0.4 is 0 Å². The average molecular weight is 388 g/mol. The number of hydrogen-bond donors (Lipinski definition) is 1. The molecule has 0 saturated heterocycles. The fraction of sp³-hybridized carbons (Fsp3) is 0.231. The highest BCUT2D eigenvalue weighted by Crippen LogP contribution is 2.32. The number of likely N-dealkylation sites (N-methyl/N-ethyl adjacent to an activating group) is 1. The first kappa shape index (κ1) is 20.7. The van der Waals surface area contributed by atoms with Crippen molar-refractivity contribution in [1.82, 2.24) is 4.90 Å². The van der Waals surface area contributed by atoms with Crippen LogP contribution in [0.2, 0.25) is 0 Å². The van der Waals surface area contributed by atoms with Gasteiger partial charge in [-0.15, -0.1) is 0 Å². The molecule has 1 N–H and O–H groups in total. The quantitative estimate of drug-likeness (QED) is 0.390. The number of aryl methyl sites for hydroxylation is 1. The summed E-state index contributed by atoms with van der Waals surface area (Å²) in [5, 5.41) is 10.0. The molecule has 0 bridgehead atoms. The van der Waals surface area contributed by atoms with Gasteiger partial charge in [-0.05, 0) is 50.2 Å². The molecule has 3 nitrogen and oxygen atoms in total. The number of aromatic hydroxyl groups is 1. The van der Waals surface area contributed by atoms with Crippen molar-refractivity contribution in [2.24, 2.45) is 0 Å². The van der Waals surface area contributed by atoms with Gasteiger partial charge < -0.3 is 14.7 Å². The predicted molar refractivity (Wildman–Crippen MR) is 121 cm³/mol. The molecule has 0 atom stereocenters. The largest absolute Gasteiger partial charge is 0.508 e. The van der Waals surface area contributed by atoms with Gasteiger partial charge >= 0.3 is 0 Å². The van der Waals surface area contributed by atoms with E-state index in [1.165, 1.54) is 5.56 Å². The van der Waals surface area contributed by atoms with Crippen LogP contribution in [0.25, 0.3) is 11.3 Å². The number of benzene rings is 3. The van der Waals surface area contributed by atoms with Crippen LogP contribution in [0.1, 0.15) is 23.1 Å². The van der Waals surface area contributed by atoms with E-state index in [4.69, 9.17) is 4.74 Å². The second kappa shape index (κ2) is 10.5. The van der Waals surface area contributed by atoms with Gasteiger partial charge in [-0.3, -0.25) is 0 Å². The van der Waals surface area contributed by atoms with Gasteiger partial charge in [0.05, 0.1) is 0 Å². The summed E-state index contributed by atoms with van der Waals surface area (Å²) in [6.45, 7) is 1.41. The standard InChI is InChI=1S/C26H29NO2/c1-27(2)18-19-29-26(23-14-9-15-24(28)20-23)25(22-12-7-4-8-13-22)17-16-21-10-5-3-6-11-21/h3-15,20,28H,16-19H2,1-2H3. The smallest absolute Gasteiger partial charge is 0.130 e. The van der Waals surface area contributed by atoms with E-state index in [1.807, 2.05) is 38.4 Å². The second-order valence-electron chi connectivity index (χ2n) is 7.36. The molecule has 3 aromatic carbocycles. The van der Waals surface area contributed by atoms with Crippen LogP contribution in [0.5, 0.6) is 5.75 Å². The van der Waals surface area contributed by atoms with E-state index in [0.717, 1.165) is 41.8 Å². The zero-order valence-electron chi connectivity index (χ0n) is 17.2. The van der Waals surface area contributed by atoms with Crippen molar-refractivity contribution in [3.8, 4) is 5.75 Å². The molecular formula is C26H29NO2. The summed E-state index contributed by atoms with van der Waals surface area (Å²) in [7, 11) is 4.07. The Kier molecular flexibility index (Phi) is 7.48. The minimum Gasteiger partial charge on any atom is -0.508 e. The first-order chi connectivity index (χ1) is 14.1. The highest BCUT2D eigenvalue weighted by Gasteiger charge is 2.15. The summed E-state index contributed by atoms with van der Waals surface area (Å²) in [5.41, 5.74) is 4.49. The van der Waals surface area contributed by atoms with Crippen molar-refractivity contribution in [1.29, 1.82) is 0 Å². The van der Waals surface area contributed by atoms with E-state index in [0.29, 0.717) is 6.61 Å². The molecule has 0 aliphatic heterocycles. The Morgan fingerprint density at radius 1 is 0.828 bits per heavy atom. The number of ether oxygens (including phenoxy) is 1. The maximum atomic E-state index is 10.0. The van der Waals surface area contributed by atoms with Crippen LogP contribution in [-0.4, -0.2) is 37.3 Å². The summed E-state index contributed by atoms with van der Waals surface area (Å²) < 4.78 is 6.33. The molecule has 3 rings (SSSR count). The van der Waals surface area contributed by atoms with E-state index in [9.17, 15) is 5.11 Å². The van der Waals surface area contributed by atoms with Gasteiger partial charge in [-0.1, -0.05) is 72.8 Å². The molecule has 0 aromatic heterocycles. The maximum absolute atomic E-state index is 10.0. The third kappa shape index (κ3) is 6.23. The molecular weight excluding hydrogens is 358 g/mol. The van der Waals surface area contributed by atoms with Gasteiger partial charge in [0, 0.05) is 17.7 Å². The number of nitrogens with zero attached hydrogens (tertiary/aromatic N) is 1. The summed E-state index contributed by atoms with van der Waals surface area (Å²) in [4.78, 5) is 2.10. The lowest BCUT2D eigenvalue weighted by atomic mass is 9.94. The molecule has 0 aliphatic rings. The summed E-state index contributed by atoms with van der Waals surface area (Å²) >= 11 is 0. The third-order valence-electron chi connectivity index (χ3n) is 4.80. The van der Waals surface area contributed by atoms with E-state index in [2.05, 4.69) is 53.4 Å². The van der Waals surface area contributed by atoms with Gasteiger partial charge in [0.2, 0.25) is 0 Å². The Bertz CT molecular complexity index is 918. The van der Waals surface area contributed by atoms with Gasteiger partial charge in [0.1, 0.15) is 18.1 Å². The Labute approximate surface area is 173 Å². The third-order valence-corrected chi connectivity index (χ3v) is 4.80. The fourth-order valence-corrected chi connectivity index (χ4v) is 3.26. The summed E-state index contributed by atoms with van der Waals surface area (Å²) in [6.07, 6.45) is 1.77. The summed E-state index contributed by atoms with van der Waals surface area (Å²) in [5.74, 6) is 1.08. The van der Waals surface area contributed by atoms with E-state index in [-0.39, 0.29) is 5.75 Å². The summed E-state index contributed by atoms with van der Waals surface area (Å²) in [6, 6.07) is 28.2. The molecule has 150 valence electrons. The lowest BCUT2D eigenvalue weighted by Gasteiger charge is -2.19. The van der Waals surface area contributed by atoms with Crippen LogP contribution in [0.4, 0.5) is 0 Å². The minimum absolute atomic E-state index is 0.242. The van der Waals surface area contributed by atoms with Crippen LogP contribution in [-0.2, 0) is 11.2 Å². The van der Waals surface area contributed by atoms with Crippen molar-refractivity contribution >= 4 is 11.3 Å². The highest BCUT2D eigenvalue weighted by atomic mass is 16.5. The number of rotatable bonds is 9. The molecule has 0 spiro atoms. The minimum atomic E-state index is 0.242. The first-order valence-corrected chi connectivity index (χ1v) is 10.0. The Hall–Kier alpha value is -3.04. The van der Waals surface area contributed by atoms with Crippen LogP contribution in [0.3, 0.4) is 0 Å². The zero-order chi connectivity index (χ0) is 20.5. The van der Waals surface area contributed by atoms with Crippen molar-refractivity contribution in [3.05, 3.63) is 102 Å². The topological polar surface area (TPSA) is 32.7 Å². The first-order valence-electron chi connectivity index (χ1n) is 10.0. The van der Waals surface area contributed by atoms with Gasteiger partial charge in [0.15, 0.2) is 0 Å². The van der Waals surface area contributed by atoms with Gasteiger partial charge in [0.25, 0.3) is 0 Å². The molecule has 0 unspecified atom stereocenters.